The molecular weight excluding hydrogens is 346 g/mol. The zero-order valence-corrected chi connectivity index (χ0v) is 14.0. The molecule has 0 saturated heterocycles. The van der Waals surface area contributed by atoms with Crippen molar-refractivity contribution in [3.8, 4) is 0 Å². The van der Waals surface area contributed by atoms with Crippen molar-refractivity contribution in [2.24, 2.45) is 7.05 Å². The summed E-state index contributed by atoms with van der Waals surface area (Å²) in [6, 6.07) is 7.50. The Kier molecular flexibility index (Phi) is 4.02. The number of fused-ring (bicyclic) bond motifs is 1. The summed E-state index contributed by atoms with van der Waals surface area (Å²) in [6.07, 6.45) is 3.47. The molecule has 3 aromatic heterocycles. The number of carbonyl (C=O) groups is 1. The molecule has 6 heteroatoms. The molecule has 22 heavy (non-hydrogen) atoms. The summed E-state index contributed by atoms with van der Waals surface area (Å²) in [7, 11) is 1.87. The molecule has 3 rings (SSSR count). The van der Waals surface area contributed by atoms with Crippen LogP contribution in [0, 0.1) is 0 Å². The Hall–Kier alpha value is -2.08. The van der Waals surface area contributed by atoms with Crippen molar-refractivity contribution in [3.05, 3.63) is 52.6 Å². The fraction of sp³-hybridized carbons (Fsp3) is 0.250. The van der Waals surface area contributed by atoms with Gasteiger partial charge >= 0.3 is 0 Å². The predicted molar refractivity (Wildman–Crippen MR) is 87.5 cm³/mol. The molecule has 1 amide bonds. The number of aromatic nitrogens is 2. The van der Waals surface area contributed by atoms with Gasteiger partial charge in [0, 0.05) is 44.7 Å². The Bertz CT molecular complexity index is 808. The summed E-state index contributed by atoms with van der Waals surface area (Å²) < 4.78 is 8.05. The van der Waals surface area contributed by atoms with Gasteiger partial charge in [0.1, 0.15) is 5.69 Å². The number of pyridine rings is 1. The lowest BCUT2D eigenvalue weighted by Crippen LogP contribution is -2.31. The molecule has 0 atom stereocenters. The van der Waals surface area contributed by atoms with Crippen molar-refractivity contribution in [2.75, 3.05) is 6.54 Å². The highest BCUT2D eigenvalue weighted by Gasteiger charge is 2.21. The summed E-state index contributed by atoms with van der Waals surface area (Å²) >= 11 is 3.31. The molecular formula is C16H16BrN3O2. The van der Waals surface area contributed by atoms with Crippen LogP contribution in [0.25, 0.3) is 11.1 Å². The van der Waals surface area contributed by atoms with Crippen LogP contribution in [0.2, 0.25) is 0 Å². The first-order valence-corrected chi connectivity index (χ1v) is 7.82. The highest BCUT2D eigenvalue weighted by molar-refractivity contribution is 9.10. The van der Waals surface area contributed by atoms with Gasteiger partial charge in [0.05, 0.1) is 5.52 Å². The molecule has 0 spiro atoms. The largest absolute Gasteiger partial charge is 0.448 e. The van der Waals surface area contributed by atoms with Crippen molar-refractivity contribution >= 4 is 32.9 Å². The zero-order chi connectivity index (χ0) is 15.7. The van der Waals surface area contributed by atoms with Gasteiger partial charge in [0.2, 0.25) is 0 Å². The molecule has 0 N–H and O–H groups in total. The Labute approximate surface area is 136 Å². The molecule has 114 valence electrons. The number of hydrogen-bond acceptors (Lipinski definition) is 3. The Balaban J connectivity index is 1.89. The van der Waals surface area contributed by atoms with E-state index in [1.165, 1.54) is 0 Å². The van der Waals surface area contributed by atoms with Gasteiger partial charge in [-0.2, -0.15) is 0 Å². The van der Waals surface area contributed by atoms with Crippen LogP contribution in [0.4, 0.5) is 0 Å². The van der Waals surface area contributed by atoms with E-state index in [4.69, 9.17) is 4.42 Å². The van der Waals surface area contributed by atoms with E-state index >= 15 is 0 Å². The SMILES string of the molecule is CCN(Cc1ccncc1)C(=O)c1cc2oc(Br)cc2n1C. The molecule has 0 fully saturated rings. The van der Waals surface area contributed by atoms with Gasteiger partial charge in [-0.1, -0.05) is 0 Å². The third-order valence-corrected chi connectivity index (χ3v) is 4.10. The minimum atomic E-state index is -0.00988. The molecule has 0 aliphatic carbocycles. The average Bonchev–Trinajstić information content (AvgIpc) is 3.03. The molecule has 0 unspecified atom stereocenters. The zero-order valence-electron chi connectivity index (χ0n) is 12.4. The van der Waals surface area contributed by atoms with Crippen molar-refractivity contribution < 1.29 is 9.21 Å². The van der Waals surface area contributed by atoms with E-state index in [0.717, 1.165) is 11.1 Å². The van der Waals surface area contributed by atoms with Crippen LogP contribution >= 0.6 is 15.9 Å². The molecule has 0 aliphatic heterocycles. The van der Waals surface area contributed by atoms with Crippen molar-refractivity contribution in [2.45, 2.75) is 13.5 Å². The van der Waals surface area contributed by atoms with E-state index < -0.39 is 0 Å². The monoisotopic (exact) mass is 361 g/mol. The summed E-state index contributed by atoms with van der Waals surface area (Å²) in [5, 5.41) is 0. The lowest BCUT2D eigenvalue weighted by atomic mass is 10.2. The van der Waals surface area contributed by atoms with E-state index in [0.29, 0.717) is 29.0 Å². The van der Waals surface area contributed by atoms with Gasteiger partial charge in [0.15, 0.2) is 10.3 Å². The van der Waals surface area contributed by atoms with E-state index in [1.807, 2.05) is 36.7 Å². The maximum absolute atomic E-state index is 12.8. The quantitative estimate of drug-likeness (QED) is 0.713. The number of halogens is 1. The fourth-order valence-electron chi connectivity index (χ4n) is 2.48. The Morgan fingerprint density at radius 2 is 2.09 bits per heavy atom. The molecule has 3 heterocycles. The second-order valence-corrected chi connectivity index (χ2v) is 5.84. The number of rotatable bonds is 4. The number of carbonyl (C=O) groups excluding carboxylic acids is 1. The summed E-state index contributed by atoms with van der Waals surface area (Å²) in [5.41, 5.74) is 3.29. The normalized spacial score (nSPS) is 11.0. The molecule has 0 aliphatic rings. The van der Waals surface area contributed by atoms with Crippen molar-refractivity contribution in [1.29, 1.82) is 0 Å². The smallest absolute Gasteiger partial charge is 0.270 e. The lowest BCUT2D eigenvalue weighted by Gasteiger charge is -2.21. The topological polar surface area (TPSA) is 51.3 Å². The number of furan rings is 1. The van der Waals surface area contributed by atoms with E-state index in [2.05, 4.69) is 20.9 Å². The minimum absolute atomic E-state index is 0.00988. The average molecular weight is 362 g/mol. The first kappa shape index (κ1) is 14.8. The summed E-state index contributed by atoms with van der Waals surface area (Å²) in [4.78, 5) is 18.6. The molecule has 5 nitrogen and oxygen atoms in total. The molecule has 3 aromatic rings. The van der Waals surface area contributed by atoms with E-state index in [9.17, 15) is 4.79 Å². The maximum Gasteiger partial charge on any atom is 0.270 e. The fourth-order valence-corrected chi connectivity index (χ4v) is 2.88. The van der Waals surface area contributed by atoms with E-state index in [1.54, 1.807) is 23.4 Å². The van der Waals surface area contributed by atoms with Gasteiger partial charge in [-0.05, 0) is 40.5 Å². The highest BCUT2D eigenvalue weighted by Crippen LogP contribution is 2.26. The third kappa shape index (κ3) is 2.66. The standard InChI is InChI=1S/C16H16BrN3O2/c1-3-20(10-11-4-6-18-7-5-11)16(21)13-8-14-12(19(13)2)9-15(17)22-14/h4-9H,3,10H2,1-2H3. The number of aryl methyl sites for hydroxylation is 1. The number of nitrogens with zero attached hydrogens (tertiary/aromatic N) is 3. The predicted octanol–water partition coefficient (Wildman–Crippen LogP) is 3.59. The van der Waals surface area contributed by atoms with Gasteiger partial charge in [-0.15, -0.1) is 0 Å². The van der Waals surface area contributed by atoms with Gasteiger partial charge in [-0.25, -0.2) is 0 Å². The Morgan fingerprint density at radius 3 is 2.73 bits per heavy atom. The molecule has 0 radical (unpaired) electrons. The highest BCUT2D eigenvalue weighted by atomic mass is 79.9. The molecule has 0 bridgehead atoms. The second kappa shape index (κ2) is 5.96. The maximum atomic E-state index is 12.8. The van der Waals surface area contributed by atoms with Crippen molar-refractivity contribution in [1.82, 2.24) is 14.5 Å². The Morgan fingerprint density at radius 1 is 1.36 bits per heavy atom. The number of amides is 1. The van der Waals surface area contributed by atoms with Crippen LogP contribution in [0.1, 0.15) is 23.0 Å². The van der Waals surface area contributed by atoms with Crippen LogP contribution in [-0.4, -0.2) is 26.9 Å². The molecule has 0 aromatic carbocycles. The first-order valence-electron chi connectivity index (χ1n) is 7.03. The van der Waals surface area contributed by atoms with Crippen LogP contribution < -0.4 is 0 Å². The van der Waals surface area contributed by atoms with Crippen LogP contribution in [0.3, 0.4) is 0 Å². The first-order chi connectivity index (χ1) is 10.6. The van der Waals surface area contributed by atoms with Crippen LogP contribution in [-0.2, 0) is 13.6 Å². The number of hydrogen-bond donors (Lipinski definition) is 0. The third-order valence-electron chi connectivity index (χ3n) is 3.71. The van der Waals surface area contributed by atoms with Gasteiger partial charge < -0.3 is 13.9 Å². The van der Waals surface area contributed by atoms with Crippen LogP contribution in [0.5, 0.6) is 0 Å². The second-order valence-electron chi connectivity index (χ2n) is 5.06. The van der Waals surface area contributed by atoms with Crippen molar-refractivity contribution in [3.63, 3.8) is 0 Å². The molecule has 0 saturated carbocycles. The van der Waals surface area contributed by atoms with Crippen LogP contribution in [0.15, 0.2) is 45.7 Å². The minimum Gasteiger partial charge on any atom is -0.448 e. The summed E-state index contributed by atoms with van der Waals surface area (Å²) in [6.45, 7) is 3.17. The summed E-state index contributed by atoms with van der Waals surface area (Å²) in [5.74, 6) is -0.00988. The van der Waals surface area contributed by atoms with Gasteiger partial charge in [0.25, 0.3) is 5.91 Å². The van der Waals surface area contributed by atoms with Gasteiger partial charge in [-0.3, -0.25) is 9.78 Å². The van der Waals surface area contributed by atoms with E-state index in [-0.39, 0.29) is 5.91 Å². The lowest BCUT2D eigenvalue weighted by molar-refractivity contribution is 0.0743.